The van der Waals surface area contributed by atoms with Crippen LogP contribution >= 0.6 is 0 Å². The number of carbonyl (C=O) groups excluding carboxylic acids is 1. The molecule has 0 saturated heterocycles. The average molecular weight is 503 g/mol. The standard InChI is InChI=1S/C32H54O4/c1-9-36-28(34)17-18-30(6)25-16-20-31(7)24(23(3)12-10-11-22(2)21-33)15-19-32(31,8)26(25)13-14-27(30)29(4,5)35/h11,13,23-25,27,33,35H,9-10,12,14-21H2,1-8H3/b22-11+/t23-,24-,25-,27-,30+,31-,32+/m0/s1. The minimum absolute atomic E-state index is 0.114. The van der Waals surface area contributed by atoms with Gasteiger partial charge >= 0.3 is 5.97 Å². The van der Waals surface area contributed by atoms with Gasteiger partial charge in [0.25, 0.3) is 0 Å². The maximum Gasteiger partial charge on any atom is 0.305 e. The summed E-state index contributed by atoms with van der Waals surface area (Å²) in [5.74, 6) is 1.76. The van der Waals surface area contributed by atoms with Crippen LogP contribution in [0.1, 0.15) is 113 Å². The SMILES string of the molecule is CCOC(=O)CC[C@]1(C)[C@H]2CC[C@@]3(C)[C@H]([C@@H](C)CC/C=C(\C)CO)CC[C@]3(C)C2=CC[C@H]1C(C)(C)O. The third-order valence-corrected chi connectivity index (χ3v) is 11.2. The number of hydrogen-bond donors (Lipinski definition) is 2. The molecule has 3 rings (SSSR count). The second-order valence-corrected chi connectivity index (χ2v) is 13.7. The highest BCUT2D eigenvalue weighted by Crippen LogP contribution is 2.72. The maximum atomic E-state index is 12.4. The van der Waals surface area contributed by atoms with E-state index < -0.39 is 5.60 Å². The van der Waals surface area contributed by atoms with Crippen LogP contribution in [-0.2, 0) is 9.53 Å². The number of aliphatic hydroxyl groups excluding tert-OH is 1. The molecule has 0 heterocycles. The lowest BCUT2D eigenvalue weighted by molar-refractivity contribution is -0.146. The van der Waals surface area contributed by atoms with E-state index >= 15 is 0 Å². The first-order chi connectivity index (χ1) is 16.7. The van der Waals surface area contributed by atoms with Crippen molar-refractivity contribution in [2.45, 2.75) is 119 Å². The maximum absolute atomic E-state index is 12.4. The predicted molar refractivity (Wildman–Crippen MR) is 147 cm³/mol. The van der Waals surface area contributed by atoms with Gasteiger partial charge in [-0.1, -0.05) is 51.0 Å². The van der Waals surface area contributed by atoms with E-state index in [1.807, 2.05) is 27.7 Å². The van der Waals surface area contributed by atoms with Gasteiger partial charge in [0.05, 0.1) is 18.8 Å². The van der Waals surface area contributed by atoms with E-state index in [2.05, 4.69) is 39.8 Å². The van der Waals surface area contributed by atoms with Crippen LogP contribution in [0.2, 0.25) is 0 Å². The topological polar surface area (TPSA) is 66.8 Å². The zero-order chi connectivity index (χ0) is 26.9. The Balaban J connectivity index is 1.89. The van der Waals surface area contributed by atoms with Crippen molar-refractivity contribution in [3.63, 3.8) is 0 Å². The Morgan fingerprint density at radius 2 is 1.94 bits per heavy atom. The third kappa shape index (κ3) is 5.23. The van der Waals surface area contributed by atoms with Gasteiger partial charge in [0, 0.05) is 6.42 Å². The van der Waals surface area contributed by atoms with Crippen molar-refractivity contribution in [2.24, 2.45) is 39.9 Å². The van der Waals surface area contributed by atoms with Gasteiger partial charge in [-0.05, 0) is 119 Å². The van der Waals surface area contributed by atoms with Crippen molar-refractivity contribution in [2.75, 3.05) is 13.2 Å². The summed E-state index contributed by atoms with van der Waals surface area (Å²) < 4.78 is 5.30. The first-order valence-corrected chi connectivity index (χ1v) is 14.6. The molecule has 206 valence electrons. The van der Waals surface area contributed by atoms with Crippen molar-refractivity contribution in [1.29, 1.82) is 0 Å². The molecule has 7 atom stereocenters. The van der Waals surface area contributed by atoms with Crippen molar-refractivity contribution in [1.82, 2.24) is 0 Å². The minimum atomic E-state index is -0.792. The first kappa shape index (κ1) is 29.4. The average Bonchev–Trinajstić information content (AvgIpc) is 3.08. The molecule has 4 heteroatoms. The fourth-order valence-electron chi connectivity index (χ4n) is 9.01. The molecule has 3 aliphatic rings. The van der Waals surface area contributed by atoms with E-state index in [4.69, 9.17) is 4.74 Å². The lowest BCUT2D eigenvalue weighted by Crippen LogP contribution is -2.55. The molecule has 2 N–H and O–H groups in total. The molecule has 2 saturated carbocycles. The van der Waals surface area contributed by atoms with Crippen LogP contribution in [0.4, 0.5) is 0 Å². The van der Waals surface area contributed by atoms with Crippen LogP contribution < -0.4 is 0 Å². The molecular formula is C32H54O4. The molecule has 0 spiro atoms. The molecule has 0 aromatic heterocycles. The number of allylic oxidation sites excluding steroid dienone is 3. The summed E-state index contributed by atoms with van der Waals surface area (Å²) in [6, 6.07) is 0. The summed E-state index contributed by atoms with van der Waals surface area (Å²) in [7, 11) is 0. The van der Waals surface area contributed by atoms with E-state index in [0.29, 0.717) is 30.8 Å². The van der Waals surface area contributed by atoms with Gasteiger partial charge in [0.1, 0.15) is 0 Å². The van der Waals surface area contributed by atoms with E-state index in [1.54, 1.807) is 5.57 Å². The van der Waals surface area contributed by atoms with Crippen LogP contribution in [0, 0.1) is 39.9 Å². The summed E-state index contributed by atoms with van der Waals surface area (Å²) in [4.78, 5) is 12.4. The lowest BCUT2D eigenvalue weighted by atomic mass is 9.43. The molecule has 4 nitrogen and oxygen atoms in total. The molecule has 36 heavy (non-hydrogen) atoms. The monoisotopic (exact) mass is 502 g/mol. The van der Waals surface area contributed by atoms with Crippen LogP contribution in [0.25, 0.3) is 0 Å². The summed E-state index contributed by atoms with van der Waals surface area (Å²) >= 11 is 0. The Morgan fingerprint density at radius 3 is 2.56 bits per heavy atom. The minimum Gasteiger partial charge on any atom is -0.466 e. The highest BCUT2D eigenvalue weighted by Gasteiger charge is 2.63. The molecule has 0 radical (unpaired) electrons. The van der Waals surface area contributed by atoms with Crippen LogP contribution in [0.3, 0.4) is 0 Å². The number of ether oxygens (including phenoxy) is 1. The molecule has 0 amide bonds. The largest absolute Gasteiger partial charge is 0.466 e. The Labute approximate surface area is 221 Å². The van der Waals surface area contributed by atoms with Crippen molar-refractivity contribution < 1.29 is 19.7 Å². The van der Waals surface area contributed by atoms with Crippen LogP contribution in [-0.4, -0.2) is 35.0 Å². The van der Waals surface area contributed by atoms with E-state index in [-0.39, 0.29) is 34.7 Å². The first-order valence-electron chi connectivity index (χ1n) is 14.6. The molecule has 0 unspecified atom stereocenters. The second-order valence-electron chi connectivity index (χ2n) is 13.7. The molecule has 0 aromatic rings. The molecule has 2 fully saturated rings. The lowest BCUT2D eigenvalue weighted by Gasteiger charge is -2.61. The predicted octanol–water partition coefficient (Wildman–Crippen LogP) is 7.24. The zero-order valence-corrected chi connectivity index (χ0v) is 24.5. The number of hydrogen-bond acceptors (Lipinski definition) is 4. The quantitative estimate of drug-likeness (QED) is 0.244. The number of fused-ring (bicyclic) bond motifs is 3. The Kier molecular flexibility index (Phi) is 8.93. The fourth-order valence-corrected chi connectivity index (χ4v) is 9.01. The van der Waals surface area contributed by atoms with Gasteiger partial charge in [-0.25, -0.2) is 0 Å². The van der Waals surface area contributed by atoms with Gasteiger partial charge < -0.3 is 14.9 Å². The van der Waals surface area contributed by atoms with E-state index in [1.165, 1.54) is 25.7 Å². The number of carbonyl (C=O) groups is 1. The summed E-state index contributed by atoms with van der Waals surface area (Å²) in [6.45, 7) is 18.2. The Hall–Kier alpha value is -1.13. The Morgan fingerprint density at radius 1 is 1.25 bits per heavy atom. The van der Waals surface area contributed by atoms with Crippen molar-refractivity contribution in [3.05, 3.63) is 23.3 Å². The third-order valence-electron chi connectivity index (χ3n) is 11.2. The summed E-state index contributed by atoms with van der Waals surface area (Å²) in [5.41, 5.74) is 2.21. The smallest absolute Gasteiger partial charge is 0.305 e. The van der Waals surface area contributed by atoms with Gasteiger partial charge in [-0.3, -0.25) is 4.79 Å². The normalized spacial score (nSPS) is 37.7. The van der Waals surface area contributed by atoms with E-state index in [0.717, 1.165) is 31.3 Å². The van der Waals surface area contributed by atoms with Crippen LogP contribution in [0.5, 0.6) is 0 Å². The second kappa shape index (κ2) is 10.9. The number of rotatable bonds is 10. The highest BCUT2D eigenvalue weighted by molar-refractivity contribution is 5.69. The molecule has 0 aliphatic heterocycles. The fraction of sp³-hybridized carbons (Fsp3) is 0.844. The van der Waals surface area contributed by atoms with Crippen LogP contribution in [0.15, 0.2) is 23.3 Å². The van der Waals surface area contributed by atoms with Crippen molar-refractivity contribution >= 4 is 5.97 Å². The van der Waals surface area contributed by atoms with Gasteiger partial charge in [-0.15, -0.1) is 0 Å². The number of aliphatic hydroxyl groups is 2. The van der Waals surface area contributed by atoms with Gasteiger partial charge in [0.15, 0.2) is 0 Å². The Bertz CT molecular complexity index is 851. The molecule has 3 aliphatic carbocycles. The summed E-state index contributed by atoms with van der Waals surface area (Å²) in [5, 5.41) is 20.6. The van der Waals surface area contributed by atoms with Gasteiger partial charge in [0.2, 0.25) is 0 Å². The zero-order valence-electron chi connectivity index (χ0n) is 24.5. The van der Waals surface area contributed by atoms with Gasteiger partial charge in [-0.2, -0.15) is 0 Å². The summed E-state index contributed by atoms with van der Waals surface area (Å²) in [6.07, 6.45) is 13.9. The number of esters is 1. The molecule has 0 bridgehead atoms. The molecular weight excluding hydrogens is 448 g/mol. The van der Waals surface area contributed by atoms with E-state index in [9.17, 15) is 15.0 Å². The molecule has 0 aromatic carbocycles. The highest BCUT2D eigenvalue weighted by atomic mass is 16.5. The van der Waals surface area contributed by atoms with Crippen molar-refractivity contribution in [3.8, 4) is 0 Å².